The molecule has 0 amide bonds. The van der Waals surface area contributed by atoms with Gasteiger partial charge in [-0.1, -0.05) is 0 Å². The van der Waals surface area contributed by atoms with Crippen molar-refractivity contribution in [1.29, 1.82) is 0 Å². The van der Waals surface area contributed by atoms with Gasteiger partial charge >= 0.3 is 69.9 Å². The van der Waals surface area contributed by atoms with Gasteiger partial charge in [0.2, 0.25) is 0 Å². The molecule has 5 heteroatoms. The van der Waals surface area contributed by atoms with Gasteiger partial charge < -0.3 is 0 Å². The first-order valence-corrected chi connectivity index (χ1v) is 6.48. The molecule has 0 aromatic rings. The minimum atomic E-state index is -3.88. The first-order valence-electron chi connectivity index (χ1n) is 2.53. The van der Waals surface area contributed by atoms with Gasteiger partial charge in [0.15, 0.2) is 0 Å². The van der Waals surface area contributed by atoms with Crippen LogP contribution in [0.4, 0.5) is 0 Å². The zero-order valence-corrected chi connectivity index (χ0v) is 8.38. The van der Waals surface area contributed by atoms with Gasteiger partial charge in [-0.3, -0.25) is 0 Å². The predicted molar refractivity (Wildman–Crippen MR) is 48.8 cm³/mol. The Hall–Kier alpha value is 0.120. The normalized spacial score (nSPS) is 19.4. The van der Waals surface area contributed by atoms with E-state index in [2.05, 4.69) is 0 Å². The van der Waals surface area contributed by atoms with Crippen molar-refractivity contribution in [3.05, 3.63) is 18.6 Å². The third-order valence-corrected chi connectivity index (χ3v) is 6.60. The quantitative estimate of drug-likeness (QED) is 0.580. The van der Waals surface area contributed by atoms with Crippen molar-refractivity contribution >= 4 is 31.3 Å². The van der Waals surface area contributed by atoms with Crippen LogP contribution in [0.1, 0.15) is 6.92 Å². The van der Waals surface area contributed by atoms with Crippen molar-refractivity contribution in [3.63, 3.8) is 0 Å². The first kappa shape index (κ1) is 8.22. The summed E-state index contributed by atoms with van der Waals surface area (Å²) in [7, 11) is -3.88. The van der Waals surface area contributed by atoms with E-state index < -0.39 is 31.3 Å². The summed E-state index contributed by atoms with van der Waals surface area (Å²) in [6.45, 7) is 1.69. The summed E-state index contributed by atoms with van der Waals surface area (Å²) in [5, 5.41) is 0. The summed E-state index contributed by atoms with van der Waals surface area (Å²) >= 11 is -0.759. The number of halogens is 1. The molecule has 0 aromatic heterocycles. The zero-order valence-electron chi connectivity index (χ0n) is 5.23. The summed E-state index contributed by atoms with van der Waals surface area (Å²) < 4.78 is 31.7. The van der Waals surface area contributed by atoms with Crippen LogP contribution >= 0.6 is 21.2 Å². The predicted octanol–water partition coefficient (Wildman–Crippen LogP) is 1.34. The van der Waals surface area contributed by atoms with Gasteiger partial charge in [0, 0.05) is 0 Å². The SMILES string of the molecule is CC1=C(S(=O)(=O)O)[IH]C=C1. The van der Waals surface area contributed by atoms with E-state index in [-0.39, 0.29) is 2.91 Å². The fourth-order valence-electron chi connectivity index (χ4n) is 0.623. The van der Waals surface area contributed by atoms with Crippen LogP contribution in [0.3, 0.4) is 0 Å². The van der Waals surface area contributed by atoms with E-state index in [1.165, 1.54) is 0 Å². The van der Waals surface area contributed by atoms with Gasteiger partial charge in [0.25, 0.3) is 0 Å². The summed E-state index contributed by atoms with van der Waals surface area (Å²) in [4.78, 5) is 0. The van der Waals surface area contributed by atoms with Crippen LogP contribution in [0, 0.1) is 0 Å². The molecule has 0 bridgehead atoms. The van der Waals surface area contributed by atoms with Crippen LogP contribution < -0.4 is 0 Å². The van der Waals surface area contributed by atoms with Gasteiger partial charge in [-0.15, -0.1) is 0 Å². The fourth-order valence-corrected chi connectivity index (χ4v) is 4.49. The van der Waals surface area contributed by atoms with Crippen LogP contribution in [0.15, 0.2) is 18.6 Å². The Morgan fingerprint density at radius 2 is 2.20 bits per heavy atom. The number of hydrogen-bond acceptors (Lipinski definition) is 2. The maximum atomic E-state index is 10.5. The molecule has 1 heterocycles. The van der Waals surface area contributed by atoms with Crippen LogP contribution in [-0.4, -0.2) is 13.0 Å². The maximum absolute atomic E-state index is 10.5. The van der Waals surface area contributed by atoms with Crippen molar-refractivity contribution < 1.29 is 13.0 Å². The molecule has 10 heavy (non-hydrogen) atoms. The number of rotatable bonds is 1. The Morgan fingerprint density at radius 1 is 1.60 bits per heavy atom. The van der Waals surface area contributed by atoms with E-state index in [4.69, 9.17) is 4.55 Å². The van der Waals surface area contributed by atoms with Gasteiger partial charge in [0.1, 0.15) is 0 Å². The molecule has 0 saturated heterocycles. The van der Waals surface area contributed by atoms with Crippen molar-refractivity contribution in [2.24, 2.45) is 0 Å². The summed E-state index contributed by atoms with van der Waals surface area (Å²) in [6.07, 6.45) is 1.74. The molecule has 1 rings (SSSR count). The van der Waals surface area contributed by atoms with Crippen LogP contribution in [-0.2, 0) is 10.1 Å². The average Bonchev–Trinajstić information content (AvgIpc) is 2.11. The third-order valence-electron chi connectivity index (χ3n) is 1.05. The fraction of sp³-hybridized carbons (Fsp3) is 0.200. The van der Waals surface area contributed by atoms with E-state index in [1.54, 1.807) is 13.0 Å². The number of allylic oxidation sites excluding steroid dienone is 2. The molecule has 0 fully saturated rings. The van der Waals surface area contributed by atoms with Crippen molar-refractivity contribution in [1.82, 2.24) is 0 Å². The topological polar surface area (TPSA) is 54.4 Å². The zero-order chi connectivity index (χ0) is 7.78. The Kier molecular flexibility index (Phi) is 2.16. The van der Waals surface area contributed by atoms with E-state index >= 15 is 0 Å². The summed E-state index contributed by atoms with van der Waals surface area (Å²) in [6, 6.07) is 0. The monoisotopic (exact) mass is 274 g/mol. The van der Waals surface area contributed by atoms with Crippen molar-refractivity contribution in [2.45, 2.75) is 6.92 Å². The van der Waals surface area contributed by atoms with E-state index in [1.807, 2.05) is 4.08 Å². The van der Waals surface area contributed by atoms with Crippen molar-refractivity contribution in [2.75, 3.05) is 0 Å². The van der Waals surface area contributed by atoms with E-state index in [0.717, 1.165) is 0 Å². The second-order valence-corrected chi connectivity index (χ2v) is 6.65. The molecular formula is C5H7IO3S. The van der Waals surface area contributed by atoms with Crippen LogP contribution in [0.2, 0.25) is 0 Å². The first-order chi connectivity index (χ1) is 4.52. The second kappa shape index (κ2) is 2.63. The second-order valence-electron chi connectivity index (χ2n) is 1.87. The Bertz CT molecular complexity index is 299. The summed E-state index contributed by atoms with van der Waals surface area (Å²) in [5.41, 5.74) is 0.685. The van der Waals surface area contributed by atoms with Gasteiger partial charge in [-0.05, 0) is 0 Å². The molecule has 58 valence electrons. The molecule has 0 spiro atoms. The van der Waals surface area contributed by atoms with Crippen LogP contribution in [0.5, 0.6) is 0 Å². The molecule has 0 aromatic carbocycles. The van der Waals surface area contributed by atoms with Gasteiger partial charge in [-0.25, -0.2) is 0 Å². The molecule has 0 atom stereocenters. The molecule has 1 aliphatic heterocycles. The Balaban J connectivity index is 3.10. The van der Waals surface area contributed by atoms with Crippen LogP contribution in [0.25, 0.3) is 0 Å². The molecule has 0 radical (unpaired) electrons. The van der Waals surface area contributed by atoms with Crippen molar-refractivity contribution in [3.8, 4) is 0 Å². The molecule has 0 aliphatic carbocycles. The minimum absolute atomic E-state index is 0.248. The summed E-state index contributed by atoms with van der Waals surface area (Å²) in [5.74, 6) is 0. The van der Waals surface area contributed by atoms with E-state index in [9.17, 15) is 8.42 Å². The average molecular weight is 274 g/mol. The van der Waals surface area contributed by atoms with E-state index in [0.29, 0.717) is 5.57 Å². The van der Waals surface area contributed by atoms with Gasteiger partial charge in [0.05, 0.1) is 0 Å². The Labute approximate surface area is 69.8 Å². The van der Waals surface area contributed by atoms with Gasteiger partial charge in [-0.2, -0.15) is 0 Å². The molecule has 3 nitrogen and oxygen atoms in total. The number of hydrogen-bond donors (Lipinski definition) is 1. The Morgan fingerprint density at radius 3 is 2.40 bits per heavy atom. The third kappa shape index (κ3) is 1.58. The molecular weight excluding hydrogens is 267 g/mol. The molecule has 0 saturated carbocycles. The molecule has 1 aliphatic rings. The molecule has 1 N–H and O–H groups in total. The molecule has 0 unspecified atom stereocenters. The standard InChI is InChI=1S/C5H7IO3S/c1-4-2-3-6-5(4)10(7,8)9/h2-3,6H,1H3,(H,7,8,9).